The van der Waals surface area contributed by atoms with Crippen molar-refractivity contribution in [3.05, 3.63) is 71.4 Å². The van der Waals surface area contributed by atoms with Gasteiger partial charge in [0.15, 0.2) is 0 Å². The Balaban J connectivity index is 1.31. The zero-order chi connectivity index (χ0) is 19.3. The summed E-state index contributed by atoms with van der Waals surface area (Å²) in [4.78, 5) is 21.6. The Morgan fingerprint density at radius 2 is 1.82 bits per heavy atom. The quantitative estimate of drug-likeness (QED) is 0.660. The molecule has 5 nitrogen and oxygen atoms in total. The maximum Gasteiger partial charge on any atom is 0.254 e. The average molecular weight is 396 g/mol. The fourth-order valence-electron chi connectivity index (χ4n) is 3.48. The number of para-hydroxylation sites is 1. The third-order valence-corrected chi connectivity index (χ3v) is 5.35. The van der Waals surface area contributed by atoms with Crippen LogP contribution in [0.25, 0.3) is 10.9 Å². The first kappa shape index (κ1) is 18.7. The molecule has 2 aromatic carbocycles. The van der Waals surface area contributed by atoms with Crippen molar-refractivity contribution >= 4 is 28.4 Å². The lowest BCUT2D eigenvalue weighted by Crippen LogP contribution is -2.49. The highest BCUT2D eigenvalue weighted by molar-refractivity contribution is 6.32. The highest BCUT2D eigenvalue weighted by Gasteiger charge is 2.23. The third kappa shape index (κ3) is 4.11. The van der Waals surface area contributed by atoms with E-state index in [2.05, 4.69) is 9.88 Å². The molecule has 1 saturated heterocycles. The molecule has 0 bridgehead atoms. The number of halogens is 1. The van der Waals surface area contributed by atoms with E-state index in [9.17, 15) is 4.79 Å². The second kappa shape index (κ2) is 8.59. The van der Waals surface area contributed by atoms with Gasteiger partial charge in [0.05, 0.1) is 10.5 Å². The lowest BCUT2D eigenvalue weighted by molar-refractivity contribution is 0.0622. The molecule has 1 aromatic heterocycles. The zero-order valence-corrected chi connectivity index (χ0v) is 16.3. The number of ether oxygens (including phenoxy) is 1. The van der Waals surface area contributed by atoms with Crippen LogP contribution in [0.1, 0.15) is 10.4 Å². The van der Waals surface area contributed by atoms with Gasteiger partial charge < -0.3 is 9.64 Å². The molecule has 0 saturated carbocycles. The molecule has 1 aliphatic heterocycles. The Labute approximate surface area is 169 Å². The maximum atomic E-state index is 13.0. The Kier molecular flexibility index (Phi) is 5.74. The van der Waals surface area contributed by atoms with Crippen LogP contribution in [0.2, 0.25) is 5.02 Å². The van der Waals surface area contributed by atoms with Crippen LogP contribution in [-0.2, 0) is 0 Å². The van der Waals surface area contributed by atoms with Crippen molar-refractivity contribution < 1.29 is 9.53 Å². The number of hydrogen-bond acceptors (Lipinski definition) is 4. The van der Waals surface area contributed by atoms with Gasteiger partial charge in [-0.15, -0.1) is 0 Å². The Morgan fingerprint density at radius 1 is 1.00 bits per heavy atom. The number of fused-ring (bicyclic) bond motifs is 1. The SMILES string of the molecule is O=C(c1cccc2ncccc12)N1CCN(CCOc2ccccc2Cl)CC1. The number of benzene rings is 2. The van der Waals surface area contributed by atoms with Crippen molar-refractivity contribution in [2.45, 2.75) is 0 Å². The summed E-state index contributed by atoms with van der Waals surface area (Å²) in [6, 6.07) is 17.0. The molecule has 0 N–H and O–H groups in total. The van der Waals surface area contributed by atoms with E-state index in [-0.39, 0.29) is 5.91 Å². The van der Waals surface area contributed by atoms with Gasteiger partial charge in [-0.3, -0.25) is 14.7 Å². The summed E-state index contributed by atoms with van der Waals surface area (Å²) in [6.45, 7) is 4.47. The highest BCUT2D eigenvalue weighted by atomic mass is 35.5. The van der Waals surface area contributed by atoms with E-state index >= 15 is 0 Å². The van der Waals surface area contributed by atoms with Crippen molar-refractivity contribution in [3.63, 3.8) is 0 Å². The average Bonchev–Trinajstić information content (AvgIpc) is 2.75. The molecule has 0 atom stereocenters. The first-order chi connectivity index (χ1) is 13.7. The van der Waals surface area contributed by atoms with Crippen molar-refractivity contribution in [1.82, 2.24) is 14.8 Å². The fourth-order valence-corrected chi connectivity index (χ4v) is 3.67. The molecule has 0 unspecified atom stereocenters. The molecule has 1 amide bonds. The number of carbonyl (C=O) groups excluding carboxylic acids is 1. The van der Waals surface area contributed by atoms with Gasteiger partial charge in [-0.2, -0.15) is 0 Å². The van der Waals surface area contributed by atoms with Crippen molar-refractivity contribution in [2.24, 2.45) is 0 Å². The van der Waals surface area contributed by atoms with Crippen LogP contribution in [0.3, 0.4) is 0 Å². The predicted octanol–water partition coefficient (Wildman–Crippen LogP) is 3.73. The van der Waals surface area contributed by atoms with E-state index in [0.717, 1.165) is 36.1 Å². The standard InChI is InChI=1S/C22H22ClN3O2/c23-19-7-1-2-9-21(19)28-16-15-25-11-13-26(14-12-25)22(27)18-5-3-8-20-17(18)6-4-10-24-20/h1-10H,11-16H2. The van der Waals surface area contributed by atoms with Gasteiger partial charge in [-0.25, -0.2) is 0 Å². The lowest BCUT2D eigenvalue weighted by Gasteiger charge is -2.34. The predicted molar refractivity (Wildman–Crippen MR) is 111 cm³/mol. The molecule has 0 spiro atoms. The van der Waals surface area contributed by atoms with Gasteiger partial charge in [-0.1, -0.05) is 35.9 Å². The van der Waals surface area contributed by atoms with Crippen LogP contribution in [-0.4, -0.2) is 60.0 Å². The first-order valence-electron chi connectivity index (χ1n) is 9.45. The van der Waals surface area contributed by atoms with Crippen LogP contribution in [0, 0.1) is 0 Å². The summed E-state index contributed by atoms with van der Waals surface area (Å²) >= 11 is 6.11. The Hall–Kier alpha value is -2.63. The van der Waals surface area contributed by atoms with Crippen LogP contribution < -0.4 is 4.74 Å². The number of rotatable bonds is 5. The van der Waals surface area contributed by atoms with Crippen molar-refractivity contribution in [1.29, 1.82) is 0 Å². The summed E-state index contributed by atoms with van der Waals surface area (Å²) in [5, 5.41) is 1.54. The lowest BCUT2D eigenvalue weighted by atomic mass is 10.1. The second-order valence-electron chi connectivity index (χ2n) is 6.79. The molecule has 3 aromatic rings. The van der Waals surface area contributed by atoms with E-state index < -0.39 is 0 Å². The molecular formula is C22H22ClN3O2. The zero-order valence-electron chi connectivity index (χ0n) is 15.6. The molecule has 144 valence electrons. The molecule has 1 aliphatic rings. The molecule has 0 radical (unpaired) electrons. The minimum atomic E-state index is 0.0746. The molecular weight excluding hydrogens is 374 g/mol. The smallest absolute Gasteiger partial charge is 0.254 e. The monoisotopic (exact) mass is 395 g/mol. The minimum Gasteiger partial charge on any atom is -0.491 e. The number of aromatic nitrogens is 1. The molecule has 1 fully saturated rings. The summed E-state index contributed by atoms with van der Waals surface area (Å²) in [5.74, 6) is 0.785. The van der Waals surface area contributed by atoms with Crippen molar-refractivity contribution in [2.75, 3.05) is 39.3 Å². The second-order valence-corrected chi connectivity index (χ2v) is 7.20. The van der Waals surface area contributed by atoms with Gasteiger partial charge >= 0.3 is 0 Å². The summed E-state index contributed by atoms with van der Waals surface area (Å²) in [6.07, 6.45) is 1.75. The third-order valence-electron chi connectivity index (χ3n) is 5.04. The Bertz CT molecular complexity index is 965. The van der Waals surface area contributed by atoms with E-state index in [4.69, 9.17) is 16.3 Å². The number of pyridine rings is 1. The van der Waals surface area contributed by atoms with E-state index in [1.807, 2.05) is 59.5 Å². The molecule has 4 rings (SSSR count). The summed E-state index contributed by atoms with van der Waals surface area (Å²) < 4.78 is 5.77. The number of carbonyl (C=O) groups is 1. The largest absolute Gasteiger partial charge is 0.491 e. The van der Waals surface area contributed by atoms with Gasteiger partial charge in [0.1, 0.15) is 12.4 Å². The van der Waals surface area contributed by atoms with Gasteiger partial charge in [0.2, 0.25) is 0 Å². The Morgan fingerprint density at radius 3 is 2.64 bits per heavy atom. The van der Waals surface area contributed by atoms with Gasteiger partial charge in [0.25, 0.3) is 5.91 Å². The topological polar surface area (TPSA) is 45.7 Å². The van der Waals surface area contributed by atoms with E-state index in [1.165, 1.54) is 0 Å². The van der Waals surface area contributed by atoms with Gasteiger partial charge in [0, 0.05) is 49.9 Å². The summed E-state index contributed by atoms with van der Waals surface area (Å²) in [7, 11) is 0. The highest BCUT2D eigenvalue weighted by Crippen LogP contribution is 2.23. The molecule has 2 heterocycles. The molecule has 28 heavy (non-hydrogen) atoms. The van der Waals surface area contributed by atoms with E-state index in [1.54, 1.807) is 6.20 Å². The molecule has 6 heteroatoms. The normalized spacial score (nSPS) is 15.0. The number of piperazine rings is 1. The van der Waals surface area contributed by atoms with Gasteiger partial charge in [-0.05, 0) is 30.3 Å². The van der Waals surface area contributed by atoms with Crippen LogP contribution in [0.5, 0.6) is 5.75 Å². The van der Waals surface area contributed by atoms with E-state index in [0.29, 0.717) is 30.5 Å². The van der Waals surface area contributed by atoms with Crippen LogP contribution >= 0.6 is 11.6 Å². The minimum absolute atomic E-state index is 0.0746. The van der Waals surface area contributed by atoms with Crippen LogP contribution in [0.4, 0.5) is 0 Å². The number of hydrogen-bond donors (Lipinski definition) is 0. The number of amides is 1. The van der Waals surface area contributed by atoms with Crippen molar-refractivity contribution in [3.8, 4) is 5.75 Å². The maximum absolute atomic E-state index is 13.0. The number of nitrogens with zero attached hydrogens (tertiary/aromatic N) is 3. The first-order valence-corrected chi connectivity index (χ1v) is 9.83. The molecule has 0 aliphatic carbocycles. The summed E-state index contributed by atoms with van der Waals surface area (Å²) in [5.41, 5.74) is 1.57. The van der Waals surface area contributed by atoms with Crippen LogP contribution in [0.15, 0.2) is 60.8 Å². The fraction of sp³-hybridized carbons (Fsp3) is 0.273.